The number of amides is 1. The van der Waals surface area contributed by atoms with Crippen molar-refractivity contribution in [1.82, 2.24) is 9.88 Å². The van der Waals surface area contributed by atoms with Crippen LogP contribution in [0.4, 0.5) is 0 Å². The molecule has 1 aromatic heterocycles. The van der Waals surface area contributed by atoms with Crippen molar-refractivity contribution >= 4 is 17.2 Å². The van der Waals surface area contributed by atoms with Gasteiger partial charge in [-0.25, -0.2) is 4.98 Å². The number of thiazole rings is 1. The largest absolute Gasteiger partial charge is 0.339 e. The number of benzene rings is 1. The van der Waals surface area contributed by atoms with Crippen LogP contribution in [0.1, 0.15) is 28.2 Å². The van der Waals surface area contributed by atoms with E-state index in [-0.39, 0.29) is 5.91 Å². The van der Waals surface area contributed by atoms with E-state index in [9.17, 15) is 4.79 Å². The Morgan fingerprint density at radius 2 is 2.00 bits per heavy atom. The molecule has 1 amide bonds. The van der Waals surface area contributed by atoms with Crippen molar-refractivity contribution in [2.75, 3.05) is 13.1 Å². The van der Waals surface area contributed by atoms with Crippen LogP contribution in [0.2, 0.25) is 0 Å². The average molecular weight is 272 g/mol. The van der Waals surface area contributed by atoms with Gasteiger partial charge in [0.2, 0.25) is 0 Å². The molecule has 1 saturated heterocycles. The van der Waals surface area contributed by atoms with Gasteiger partial charge < -0.3 is 4.90 Å². The normalized spacial score (nSPS) is 14.9. The zero-order chi connectivity index (χ0) is 13.2. The van der Waals surface area contributed by atoms with E-state index in [1.807, 2.05) is 41.5 Å². The Bertz CT molecular complexity index is 600. The van der Waals surface area contributed by atoms with Crippen LogP contribution in [0, 0.1) is 6.92 Å². The number of likely N-dealkylation sites (tertiary alicyclic amines) is 1. The first-order valence-electron chi connectivity index (χ1n) is 6.56. The molecule has 0 N–H and O–H groups in total. The highest BCUT2D eigenvalue weighted by Gasteiger charge is 2.22. The minimum atomic E-state index is 0.138. The molecule has 0 atom stereocenters. The molecule has 98 valence electrons. The van der Waals surface area contributed by atoms with Gasteiger partial charge in [-0.3, -0.25) is 4.79 Å². The Morgan fingerprint density at radius 3 is 2.68 bits per heavy atom. The molecular weight excluding hydrogens is 256 g/mol. The number of rotatable bonds is 2. The summed E-state index contributed by atoms with van der Waals surface area (Å²) >= 11 is 1.62. The van der Waals surface area contributed by atoms with Crippen molar-refractivity contribution in [2.24, 2.45) is 0 Å². The van der Waals surface area contributed by atoms with E-state index in [0.29, 0.717) is 0 Å². The number of hydrogen-bond donors (Lipinski definition) is 0. The average Bonchev–Trinajstić information content (AvgIpc) is 3.09. The van der Waals surface area contributed by atoms with E-state index in [1.54, 1.807) is 11.3 Å². The quantitative estimate of drug-likeness (QED) is 0.840. The van der Waals surface area contributed by atoms with Crippen LogP contribution in [0.3, 0.4) is 0 Å². The lowest BCUT2D eigenvalue weighted by Crippen LogP contribution is -2.28. The Labute approximate surface area is 116 Å². The maximum atomic E-state index is 12.5. The van der Waals surface area contributed by atoms with Gasteiger partial charge in [0, 0.05) is 29.6 Å². The molecule has 4 heteroatoms. The molecule has 1 fully saturated rings. The van der Waals surface area contributed by atoms with Gasteiger partial charge in [-0.1, -0.05) is 18.2 Å². The third kappa shape index (κ3) is 2.40. The molecule has 0 spiro atoms. The van der Waals surface area contributed by atoms with Crippen molar-refractivity contribution in [2.45, 2.75) is 19.8 Å². The van der Waals surface area contributed by atoms with Gasteiger partial charge in [0.05, 0.1) is 10.7 Å². The highest BCUT2D eigenvalue weighted by molar-refractivity contribution is 7.09. The fraction of sp³-hybridized carbons (Fsp3) is 0.333. The van der Waals surface area contributed by atoms with Crippen LogP contribution in [0.25, 0.3) is 11.3 Å². The highest BCUT2D eigenvalue weighted by atomic mass is 32.1. The first kappa shape index (κ1) is 12.4. The molecular formula is C15H16N2OS. The fourth-order valence-corrected chi connectivity index (χ4v) is 3.08. The van der Waals surface area contributed by atoms with Crippen LogP contribution < -0.4 is 0 Å². The smallest absolute Gasteiger partial charge is 0.254 e. The third-order valence-corrected chi connectivity index (χ3v) is 4.22. The molecule has 3 rings (SSSR count). The second-order valence-electron chi connectivity index (χ2n) is 4.80. The number of nitrogens with zero attached hydrogens (tertiary/aromatic N) is 2. The highest BCUT2D eigenvalue weighted by Crippen LogP contribution is 2.26. The summed E-state index contributed by atoms with van der Waals surface area (Å²) in [6.45, 7) is 3.74. The van der Waals surface area contributed by atoms with Crippen LogP contribution in [0.15, 0.2) is 29.6 Å². The summed E-state index contributed by atoms with van der Waals surface area (Å²) in [5.74, 6) is 0.138. The Hall–Kier alpha value is -1.68. The molecule has 3 nitrogen and oxygen atoms in total. The lowest BCUT2D eigenvalue weighted by atomic mass is 10.0. The summed E-state index contributed by atoms with van der Waals surface area (Å²) in [5.41, 5.74) is 2.63. The maximum absolute atomic E-state index is 12.5. The van der Waals surface area contributed by atoms with Gasteiger partial charge in [0.15, 0.2) is 0 Å². The van der Waals surface area contributed by atoms with Gasteiger partial charge in [-0.2, -0.15) is 0 Å². The second kappa shape index (κ2) is 5.13. The molecule has 1 aliphatic heterocycles. The molecule has 0 radical (unpaired) electrons. The predicted molar refractivity (Wildman–Crippen MR) is 77.4 cm³/mol. The minimum Gasteiger partial charge on any atom is -0.339 e. The van der Waals surface area contributed by atoms with Gasteiger partial charge >= 0.3 is 0 Å². The van der Waals surface area contributed by atoms with E-state index in [2.05, 4.69) is 4.98 Å². The number of aromatic nitrogens is 1. The molecule has 1 aliphatic rings. The standard InChI is InChI=1S/C15H16N2OS/c1-11-16-14(10-19-11)12-6-2-3-7-13(12)15(18)17-8-4-5-9-17/h2-3,6-7,10H,4-5,8-9H2,1H3. The van der Waals surface area contributed by atoms with Crippen LogP contribution >= 0.6 is 11.3 Å². The Balaban J connectivity index is 1.99. The lowest BCUT2D eigenvalue weighted by Gasteiger charge is -2.17. The van der Waals surface area contributed by atoms with Crippen molar-refractivity contribution in [1.29, 1.82) is 0 Å². The van der Waals surface area contributed by atoms with Gasteiger partial charge in [-0.15, -0.1) is 11.3 Å². The molecule has 2 heterocycles. The third-order valence-electron chi connectivity index (χ3n) is 3.45. The maximum Gasteiger partial charge on any atom is 0.254 e. The molecule has 0 saturated carbocycles. The number of aryl methyl sites for hydroxylation is 1. The zero-order valence-corrected chi connectivity index (χ0v) is 11.7. The van der Waals surface area contributed by atoms with E-state index in [4.69, 9.17) is 0 Å². The van der Waals surface area contributed by atoms with E-state index in [0.717, 1.165) is 47.8 Å². The summed E-state index contributed by atoms with van der Waals surface area (Å²) in [5, 5.41) is 3.05. The molecule has 19 heavy (non-hydrogen) atoms. The monoisotopic (exact) mass is 272 g/mol. The van der Waals surface area contributed by atoms with Crippen molar-refractivity contribution in [3.63, 3.8) is 0 Å². The molecule has 2 aromatic rings. The van der Waals surface area contributed by atoms with Gasteiger partial charge in [0.1, 0.15) is 0 Å². The molecule has 0 bridgehead atoms. The summed E-state index contributed by atoms with van der Waals surface area (Å²) < 4.78 is 0. The van der Waals surface area contributed by atoms with E-state index in [1.165, 1.54) is 0 Å². The summed E-state index contributed by atoms with van der Waals surface area (Å²) in [6.07, 6.45) is 2.23. The Morgan fingerprint density at radius 1 is 1.26 bits per heavy atom. The minimum absolute atomic E-state index is 0.138. The SMILES string of the molecule is Cc1nc(-c2ccccc2C(=O)N2CCCC2)cs1. The summed E-state index contributed by atoms with van der Waals surface area (Å²) in [7, 11) is 0. The predicted octanol–water partition coefficient (Wildman–Crippen LogP) is 3.35. The van der Waals surface area contributed by atoms with E-state index >= 15 is 0 Å². The van der Waals surface area contributed by atoms with Gasteiger partial charge in [0.25, 0.3) is 5.91 Å². The van der Waals surface area contributed by atoms with E-state index < -0.39 is 0 Å². The number of carbonyl (C=O) groups excluding carboxylic acids is 1. The molecule has 0 aliphatic carbocycles. The van der Waals surface area contributed by atoms with Crippen LogP contribution in [0.5, 0.6) is 0 Å². The first-order chi connectivity index (χ1) is 9.25. The summed E-state index contributed by atoms with van der Waals surface area (Å²) in [4.78, 5) is 19.0. The molecule has 1 aromatic carbocycles. The second-order valence-corrected chi connectivity index (χ2v) is 5.86. The topological polar surface area (TPSA) is 33.2 Å². The van der Waals surface area contributed by atoms with Crippen LogP contribution in [-0.4, -0.2) is 28.9 Å². The van der Waals surface area contributed by atoms with Crippen LogP contribution in [-0.2, 0) is 0 Å². The first-order valence-corrected chi connectivity index (χ1v) is 7.44. The van der Waals surface area contributed by atoms with Crippen molar-refractivity contribution in [3.05, 3.63) is 40.2 Å². The van der Waals surface area contributed by atoms with Crippen molar-refractivity contribution in [3.8, 4) is 11.3 Å². The number of hydrogen-bond acceptors (Lipinski definition) is 3. The summed E-state index contributed by atoms with van der Waals surface area (Å²) in [6, 6.07) is 7.78. The van der Waals surface area contributed by atoms with Gasteiger partial charge in [-0.05, 0) is 25.8 Å². The lowest BCUT2D eigenvalue weighted by molar-refractivity contribution is 0.0793. The zero-order valence-electron chi connectivity index (χ0n) is 10.9. The number of carbonyl (C=O) groups is 1. The fourth-order valence-electron chi connectivity index (χ4n) is 2.47. The van der Waals surface area contributed by atoms with Crippen molar-refractivity contribution < 1.29 is 4.79 Å². The Kier molecular flexibility index (Phi) is 3.34. The molecule has 0 unspecified atom stereocenters.